The SMILES string of the molecule is CCOC(=O)C1=C(C)OC(N)=C(C#N)C1c1cc(F)ccc1C. The van der Waals surface area contributed by atoms with Gasteiger partial charge in [-0.25, -0.2) is 9.18 Å². The molecular weight excluding hydrogens is 299 g/mol. The van der Waals surface area contributed by atoms with Gasteiger partial charge in [0, 0.05) is 0 Å². The van der Waals surface area contributed by atoms with Crippen LogP contribution in [0.15, 0.2) is 41.0 Å². The topological polar surface area (TPSA) is 85.3 Å². The number of esters is 1. The monoisotopic (exact) mass is 316 g/mol. The van der Waals surface area contributed by atoms with Crippen LogP contribution in [0.2, 0.25) is 0 Å². The Hall–Kier alpha value is -2.81. The molecule has 0 aromatic heterocycles. The molecule has 1 unspecified atom stereocenters. The Balaban J connectivity index is 2.69. The van der Waals surface area contributed by atoms with Gasteiger partial charge in [0.15, 0.2) is 0 Å². The molecule has 0 spiro atoms. The van der Waals surface area contributed by atoms with Crippen molar-refractivity contribution < 1.29 is 18.7 Å². The third-order valence-corrected chi connectivity index (χ3v) is 3.65. The van der Waals surface area contributed by atoms with E-state index in [1.165, 1.54) is 12.1 Å². The van der Waals surface area contributed by atoms with Crippen molar-refractivity contribution in [1.82, 2.24) is 0 Å². The van der Waals surface area contributed by atoms with Gasteiger partial charge in [0.1, 0.15) is 23.2 Å². The first-order valence-electron chi connectivity index (χ1n) is 7.12. The van der Waals surface area contributed by atoms with Gasteiger partial charge in [-0.2, -0.15) is 5.26 Å². The van der Waals surface area contributed by atoms with Crippen LogP contribution in [0, 0.1) is 24.1 Å². The van der Waals surface area contributed by atoms with Gasteiger partial charge in [0.25, 0.3) is 0 Å². The third kappa shape index (κ3) is 3.04. The number of aryl methyl sites for hydroxylation is 1. The molecule has 0 fully saturated rings. The van der Waals surface area contributed by atoms with Crippen molar-refractivity contribution in [3.63, 3.8) is 0 Å². The lowest BCUT2D eigenvalue weighted by molar-refractivity contribution is -0.139. The molecule has 1 aromatic carbocycles. The van der Waals surface area contributed by atoms with Crippen molar-refractivity contribution in [1.29, 1.82) is 5.26 Å². The highest BCUT2D eigenvalue weighted by atomic mass is 19.1. The van der Waals surface area contributed by atoms with E-state index in [1.807, 2.05) is 6.07 Å². The maximum atomic E-state index is 13.7. The van der Waals surface area contributed by atoms with E-state index in [9.17, 15) is 14.4 Å². The molecule has 0 radical (unpaired) electrons. The predicted molar refractivity (Wildman–Crippen MR) is 81.1 cm³/mol. The molecule has 0 amide bonds. The van der Waals surface area contributed by atoms with Crippen molar-refractivity contribution in [3.8, 4) is 6.07 Å². The Bertz CT molecular complexity index is 760. The maximum absolute atomic E-state index is 13.7. The quantitative estimate of drug-likeness (QED) is 0.867. The fourth-order valence-electron chi connectivity index (χ4n) is 2.59. The number of carbonyl (C=O) groups excluding carboxylic acids is 1. The van der Waals surface area contributed by atoms with E-state index >= 15 is 0 Å². The summed E-state index contributed by atoms with van der Waals surface area (Å²) in [6.45, 7) is 5.18. The number of ether oxygens (including phenoxy) is 2. The molecule has 1 aliphatic heterocycles. The smallest absolute Gasteiger partial charge is 0.338 e. The molecule has 5 nitrogen and oxygen atoms in total. The van der Waals surface area contributed by atoms with Gasteiger partial charge in [0.2, 0.25) is 5.88 Å². The summed E-state index contributed by atoms with van der Waals surface area (Å²) in [4.78, 5) is 12.3. The Labute approximate surface area is 133 Å². The average Bonchev–Trinajstić information content (AvgIpc) is 2.49. The van der Waals surface area contributed by atoms with Crippen LogP contribution in [-0.4, -0.2) is 12.6 Å². The zero-order valence-corrected chi connectivity index (χ0v) is 13.1. The van der Waals surface area contributed by atoms with E-state index in [4.69, 9.17) is 15.2 Å². The lowest BCUT2D eigenvalue weighted by atomic mass is 9.81. The molecule has 1 atom stereocenters. The van der Waals surface area contributed by atoms with Crippen LogP contribution in [0.5, 0.6) is 0 Å². The predicted octanol–water partition coefficient (Wildman–Crippen LogP) is 2.78. The Morgan fingerprint density at radius 2 is 2.17 bits per heavy atom. The van der Waals surface area contributed by atoms with Crippen LogP contribution in [0.1, 0.15) is 30.9 Å². The molecular formula is C17H17FN2O3. The summed E-state index contributed by atoms with van der Waals surface area (Å²) >= 11 is 0. The average molecular weight is 316 g/mol. The minimum absolute atomic E-state index is 0.0624. The molecule has 2 N–H and O–H groups in total. The summed E-state index contributed by atoms with van der Waals surface area (Å²) in [5, 5.41) is 9.43. The van der Waals surface area contributed by atoms with Gasteiger partial charge in [-0.3, -0.25) is 0 Å². The number of halogens is 1. The molecule has 1 heterocycles. The summed E-state index contributed by atoms with van der Waals surface area (Å²) in [6, 6.07) is 6.16. The normalized spacial score (nSPS) is 17.6. The zero-order chi connectivity index (χ0) is 17.1. The largest absolute Gasteiger partial charge is 0.463 e. The maximum Gasteiger partial charge on any atom is 0.338 e. The highest BCUT2D eigenvalue weighted by Gasteiger charge is 2.37. The van der Waals surface area contributed by atoms with E-state index in [-0.39, 0.29) is 29.4 Å². The zero-order valence-electron chi connectivity index (χ0n) is 13.1. The van der Waals surface area contributed by atoms with Crippen LogP contribution in [0.25, 0.3) is 0 Å². The number of hydrogen-bond acceptors (Lipinski definition) is 5. The molecule has 0 saturated carbocycles. The first-order chi connectivity index (χ1) is 10.9. The lowest BCUT2D eigenvalue weighted by Gasteiger charge is -2.27. The second-order valence-electron chi connectivity index (χ2n) is 5.12. The molecule has 1 aliphatic rings. The summed E-state index contributed by atoms with van der Waals surface area (Å²) < 4.78 is 24.1. The summed E-state index contributed by atoms with van der Waals surface area (Å²) in [5.74, 6) is -1.74. The first-order valence-corrected chi connectivity index (χ1v) is 7.12. The summed E-state index contributed by atoms with van der Waals surface area (Å²) in [6.07, 6.45) is 0. The third-order valence-electron chi connectivity index (χ3n) is 3.65. The van der Waals surface area contributed by atoms with Gasteiger partial charge < -0.3 is 15.2 Å². The molecule has 0 aliphatic carbocycles. The Morgan fingerprint density at radius 3 is 2.78 bits per heavy atom. The summed E-state index contributed by atoms with van der Waals surface area (Å²) in [5.41, 5.74) is 7.22. The van der Waals surface area contributed by atoms with E-state index < -0.39 is 17.7 Å². The molecule has 6 heteroatoms. The van der Waals surface area contributed by atoms with E-state index in [0.717, 1.165) is 5.56 Å². The number of rotatable bonds is 3. The molecule has 0 bridgehead atoms. The number of carbonyl (C=O) groups is 1. The number of hydrogen-bond donors (Lipinski definition) is 1. The lowest BCUT2D eigenvalue weighted by Crippen LogP contribution is -2.26. The van der Waals surface area contributed by atoms with Gasteiger partial charge in [0.05, 0.1) is 18.1 Å². The molecule has 2 rings (SSSR count). The van der Waals surface area contributed by atoms with Crippen molar-refractivity contribution >= 4 is 5.97 Å². The number of benzene rings is 1. The fraction of sp³-hybridized carbons (Fsp3) is 0.294. The standard InChI is InChI=1S/C17H17FN2O3/c1-4-22-17(21)14-10(3)23-16(20)13(8-19)15(14)12-7-11(18)6-5-9(12)2/h5-7,15H,4,20H2,1-3H3. The summed E-state index contributed by atoms with van der Waals surface area (Å²) in [7, 11) is 0. The Kier molecular flexibility index (Phi) is 4.70. The van der Waals surface area contributed by atoms with Gasteiger partial charge >= 0.3 is 5.97 Å². The first kappa shape index (κ1) is 16.6. The van der Waals surface area contributed by atoms with Crippen LogP contribution in [0.3, 0.4) is 0 Å². The van der Waals surface area contributed by atoms with Crippen LogP contribution >= 0.6 is 0 Å². The minimum Gasteiger partial charge on any atom is -0.463 e. The minimum atomic E-state index is -0.816. The van der Waals surface area contributed by atoms with Gasteiger partial charge in [-0.1, -0.05) is 6.07 Å². The van der Waals surface area contributed by atoms with E-state index in [2.05, 4.69) is 0 Å². The highest BCUT2D eigenvalue weighted by molar-refractivity contribution is 5.92. The molecule has 0 saturated heterocycles. The second-order valence-corrected chi connectivity index (χ2v) is 5.12. The van der Waals surface area contributed by atoms with Crippen molar-refractivity contribution in [2.24, 2.45) is 5.73 Å². The molecule has 120 valence electrons. The van der Waals surface area contributed by atoms with Crippen molar-refractivity contribution in [3.05, 3.63) is 57.9 Å². The van der Waals surface area contributed by atoms with Crippen LogP contribution in [-0.2, 0) is 14.3 Å². The highest BCUT2D eigenvalue weighted by Crippen LogP contribution is 2.40. The van der Waals surface area contributed by atoms with E-state index in [1.54, 1.807) is 26.8 Å². The van der Waals surface area contributed by atoms with Gasteiger partial charge in [-0.15, -0.1) is 0 Å². The molecule has 1 aromatic rings. The fourth-order valence-corrected chi connectivity index (χ4v) is 2.59. The van der Waals surface area contributed by atoms with Crippen molar-refractivity contribution in [2.45, 2.75) is 26.7 Å². The number of nitrogens with zero attached hydrogens (tertiary/aromatic N) is 1. The van der Waals surface area contributed by atoms with Gasteiger partial charge in [-0.05, 0) is 44.0 Å². The number of allylic oxidation sites excluding steroid dienone is 2. The van der Waals surface area contributed by atoms with E-state index in [0.29, 0.717) is 5.56 Å². The molecule has 23 heavy (non-hydrogen) atoms. The second kappa shape index (κ2) is 6.53. The number of nitriles is 1. The number of nitrogens with two attached hydrogens (primary N) is 1. The van der Waals surface area contributed by atoms with Crippen LogP contribution < -0.4 is 5.73 Å². The van der Waals surface area contributed by atoms with Crippen LogP contribution in [0.4, 0.5) is 4.39 Å². The Morgan fingerprint density at radius 1 is 1.48 bits per heavy atom. The van der Waals surface area contributed by atoms with Crippen molar-refractivity contribution in [2.75, 3.05) is 6.61 Å².